The zero-order valence-electron chi connectivity index (χ0n) is 16.2. The third-order valence-electron chi connectivity index (χ3n) is 4.63. The summed E-state index contributed by atoms with van der Waals surface area (Å²) in [4.78, 5) is 32.7. The van der Waals surface area contributed by atoms with Crippen LogP contribution in [0, 0.1) is 20.8 Å². The Labute approximate surface area is 160 Å². The number of anilines is 1. The molecule has 27 heavy (non-hydrogen) atoms. The monoisotopic (exact) mass is 366 g/mol. The molecule has 142 valence electrons. The fourth-order valence-corrected chi connectivity index (χ4v) is 3.37. The Bertz CT molecular complexity index is 830. The van der Waals surface area contributed by atoms with Crippen LogP contribution in [0.15, 0.2) is 36.4 Å². The van der Waals surface area contributed by atoms with Crippen LogP contribution in [0.1, 0.15) is 22.5 Å². The Kier molecular flexibility index (Phi) is 5.74. The van der Waals surface area contributed by atoms with Gasteiger partial charge in [-0.15, -0.1) is 0 Å². The van der Waals surface area contributed by atoms with Crippen LogP contribution in [0.25, 0.3) is 0 Å². The number of benzene rings is 1. The lowest BCUT2D eigenvalue weighted by atomic mass is 10.1. The fraction of sp³-hybridized carbons (Fsp3) is 0.381. The molecule has 1 aromatic carbocycles. The Morgan fingerprint density at radius 2 is 1.85 bits per heavy atom. The number of hydrogen-bond acceptors (Lipinski definition) is 3. The Morgan fingerprint density at radius 1 is 1.11 bits per heavy atom. The van der Waals surface area contributed by atoms with Crippen molar-refractivity contribution in [3.05, 3.63) is 58.9 Å². The summed E-state index contributed by atoms with van der Waals surface area (Å²) in [7, 11) is 0. The largest absolute Gasteiger partial charge is 0.338 e. The normalized spacial score (nSPS) is 14.4. The predicted molar refractivity (Wildman–Crippen MR) is 106 cm³/mol. The Balaban J connectivity index is 1.52. The number of urea groups is 1. The first-order chi connectivity index (χ1) is 12.9. The van der Waals surface area contributed by atoms with E-state index in [0.717, 1.165) is 28.2 Å². The molecule has 6 heteroatoms. The molecule has 1 fully saturated rings. The van der Waals surface area contributed by atoms with Crippen molar-refractivity contribution in [3.8, 4) is 0 Å². The van der Waals surface area contributed by atoms with Crippen LogP contribution in [-0.4, -0.2) is 48.0 Å². The van der Waals surface area contributed by atoms with Gasteiger partial charge in [0.05, 0.1) is 0 Å². The maximum Gasteiger partial charge on any atom is 0.317 e. The fourth-order valence-electron chi connectivity index (χ4n) is 3.37. The van der Waals surface area contributed by atoms with E-state index in [0.29, 0.717) is 26.1 Å². The van der Waals surface area contributed by atoms with Crippen molar-refractivity contribution in [1.82, 2.24) is 15.2 Å². The van der Waals surface area contributed by atoms with Gasteiger partial charge in [-0.3, -0.25) is 9.78 Å². The average molecular weight is 366 g/mol. The van der Waals surface area contributed by atoms with Gasteiger partial charge < -0.3 is 15.1 Å². The van der Waals surface area contributed by atoms with Gasteiger partial charge in [0, 0.05) is 43.1 Å². The molecule has 1 saturated heterocycles. The highest BCUT2D eigenvalue weighted by Crippen LogP contribution is 2.21. The lowest BCUT2D eigenvalue weighted by molar-refractivity contribution is -0.120. The maximum absolute atomic E-state index is 12.6. The van der Waals surface area contributed by atoms with Crippen LogP contribution < -0.4 is 10.2 Å². The van der Waals surface area contributed by atoms with Crippen molar-refractivity contribution in [2.75, 3.05) is 31.1 Å². The molecule has 0 spiro atoms. The molecule has 0 radical (unpaired) electrons. The van der Waals surface area contributed by atoms with E-state index >= 15 is 0 Å². The van der Waals surface area contributed by atoms with Gasteiger partial charge in [-0.05, 0) is 56.2 Å². The molecule has 1 aliphatic rings. The molecule has 0 saturated carbocycles. The minimum Gasteiger partial charge on any atom is -0.338 e. The summed E-state index contributed by atoms with van der Waals surface area (Å²) in [5, 5.41) is 2.89. The topological polar surface area (TPSA) is 65.5 Å². The molecule has 0 unspecified atom stereocenters. The number of amides is 3. The maximum atomic E-state index is 12.6. The quantitative estimate of drug-likeness (QED) is 0.905. The first kappa shape index (κ1) is 18.9. The molecule has 3 amide bonds. The Morgan fingerprint density at radius 3 is 2.52 bits per heavy atom. The van der Waals surface area contributed by atoms with Gasteiger partial charge in [0.15, 0.2) is 0 Å². The van der Waals surface area contributed by atoms with E-state index in [2.05, 4.69) is 16.4 Å². The van der Waals surface area contributed by atoms with E-state index < -0.39 is 0 Å². The van der Waals surface area contributed by atoms with Crippen molar-refractivity contribution in [2.24, 2.45) is 0 Å². The molecule has 1 aliphatic heterocycles. The van der Waals surface area contributed by atoms with E-state index in [-0.39, 0.29) is 18.5 Å². The number of carbonyl (C=O) groups is 2. The third kappa shape index (κ3) is 4.84. The second kappa shape index (κ2) is 8.20. The molecule has 2 heterocycles. The van der Waals surface area contributed by atoms with Gasteiger partial charge in [-0.25, -0.2) is 4.79 Å². The van der Waals surface area contributed by atoms with Gasteiger partial charge in [-0.1, -0.05) is 12.1 Å². The summed E-state index contributed by atoms with van der Waals surface area (Å²) in [6.45, 7) is 7.62. The standard InChI is InChI=1S/C21H26N4O2/c1-15-11-16(2)13-19(12-15)25-10-9-24(14-20(25)26)21(27)22-8-7-18-6-4-5-17(3)23-18/h4-6,11-13H,7-10,14H2,1-3H3,(H,22,27). The summed E-state index contributed by atoms with van der Waals surface area (Å²) in [5.41, 5.74) is 5.08. The van der Waals surface area contributed by atoms with Crippen LogP contribution in [0.5, 0.6) is 0 Å². The summed E-state index contributed by atoms with van der Waals surface area (Å²) < 4.78 is 0. The van der Waals surface area contributed by atoms with Gasteiger partial charge in [0.1, 0.15) is 6.54 Å². The number of hydrogen-bond donors (Lipinski definition) is 1. The zero-order chi connectivity index (χ0) is 19.4. The van der Waals surface area contributed by atoms with Gasteiger partial charge in [0.25, 0.3) is 0 Å². The van der Waals surface area contributed by atoms with Crippen LogP contribution >= 0.6 is 0 Å². The number of aryl methyl sites for hydroxylation is 3. The first-order valence-electron chi connectivity index (χ1n) is 9.26. The summed E-state index contributed by atoms with van der Waals surface area (Å²) >= 11 is 0. The summed E-state index contributed by atoms with van der Waals surface area (Å²) in [6, 6.07) is 11.8. The Hall–Kier alpha value is -2.89. The van der Waals surface area contributed by atoms with Gasteiger partial charge in [0.2, 0.25) is 5.91 Å². The highest BCUT2D eigenvalue weighted by atomic mass is 16.2. The zero-order valence-corrected chi connectivity index (χ0v) is 16.2. The number of carbonyl (C=O) groups excluding carboxylic acids is 2. The SMILES string of the molecule is Cc1cc(C)cc(N2CCN(C(=O)NCCc3cccc(C)n3)CC2=O)c1. The van der Waals surface area contributed by atoms with Crippen LogP contribution in [-0.2, 0) is 11.2 Å². The second-order valence-corrected chi connectivity index (χ2v) is 7.07. The van der Waals surface area contributed by atoms with Crippen molar-refractivity contribution < 1.29 is 9.59 Å². The molecule has 0 bridgehead atoms. The van der Waals surface area contributed by atoms with E-state index in [1.165, 1.54) is 0 Å². The molecule has 0 atom stereocenters. The smallest absolute Gasteiger partial charge is 0.317 e. The lowest BCUT2D eigenvalue weighted by Gasteiger charge is -2.34. The highest BCUT2D eigenvalue weighted by Gasteiger charge is 2.28. The van der Waals surface area contributed by atoms with Crippen molar-refractivity contribution in [1.29, 1.82) is 0 Å². The average Bonchev–Trinajstić information content (AvgIpc) is 2.60. The minimum absolute atomic E-state index is 0.0539. The van der Waals surface area contributed by atoms with Crippen LogP contribution in [0.3, 0.4) is 0 Å². The number of rotatable bonds is 4. The van der Waals surface area contributed by atoms with E-state index in [1.54, 1.807) is 9.80 Å². The van der Waals surface area contributed by atoms with Crippen LogP contribution in [0.2, 0.25) is 0 Å². The molecular formula is C21H26N4O2. The molecular weight excluding hydrogens is 340 g/mol. The number of nitrogens with one attached hydrogen (secondary N) is 1. The molecule has 3 rings (SSSR count). The molecule has 1 aromatic heterocycles. The highest BCUT2D eigenvalue weighted by molar-refractivity contribution is 5.97. The second-order valence-electron chi connectivity index (χ2n) is 7.07. The van der Waals surface area contributed by atoms with Crippen molar-refractivity contribution >= 4 is 17.6 Å². The molecule has 2 aromatic rings. The van der Waals surface area contributed by atoms with Crippen molar-refractivity contribution in [3.63, 3.8) is 0 Å². The number of piperazine rings is 1. The summed E-state index contributed by atoms with van der Waals surface area (Å²) in [5.74, 6) is -0.0539. The van der Waals surface area contributed by atoms with Gasteiger partial charge in [-0.2, -0.15) is 0 Å². The molecule has 6 nitrogen and oxygen atoms in total. The third-order valence-corrected chi connectivity index (χ3v) is 4.63. The minimum atomic E-state index is -0.198. The van der Waals surface area contributed by atoms with E-state index in [1.807, 2.05) is 51.1 Å². The van der Waals surface area contributed by atoms with Gasteiger partial charge >= 0.3 is 6.03 Å². The first-order valence-corrected chi connectivity index (χ1v) is 9.26. The predicted octanol–water partition coefficient (Wildman–Crippen LogP) is 2.61. The summed E-state index contributed by atoms with van der Waals surface area (Å²) in [6.07, 6.45) is 0.671. The van der Waals surface area contributed by atoms with Crippen molar-refractivity contribution in [2.45, 2.75) is 27.2 Å². The number of aromatic nitrogens is 1. The van der Waals surface area contributed by atoms with E-state index in [9.17, 15) is 9.59 Å². The van der Waals surface area contributed by atoms with Crippen LogP contribution in [0.4, 0.5) is 10.5 Å². The number of nitrogens with zero attached hydrogens (tertiary/aromatic N) is 3. The molecule has 0 aliphatic carbocycles. The number of pyridine rings is 1. The van der Waals surface area contributed by atoms with E-state index in [4.69, 9.17) is 0 Å². The lowest BCUT2D eigenvalue weighted by Crippen LogP contribution is -2.55. The molecule has 1 N–H and O–H groups in total.